The minimum atomic E-state index is -0.115. The molecule has 1 aliphatic rings. The average Bonchev–Trinajstić information content (AvgIpc) is 2.91. The molecule has 0 radical (unpaired) electrons. The lowest BCUT2D eigenvalue weighted by Crippen LogP contribution is -2.06. The topological polar surface area (TPSA) is 41.5 Å². The minimum absolute atomic E-state index is 0.115. The summed E-state index contributed by atoms with van der Waals surface area (Å²) in [5.41, 5.74) is 3.80. The van der Waals surface area contributed by atoms with Gasteiger partial charge in [0, 0.05) is 26.2 Å². The second-order valence-corrected chi connectivity index (χ2v) is 8.59. The van der Waals surface area contributed by atoms with Crippen LogP contribution < -0.4 is 5.32 Å². The number of carbonyl (C=O) groups excluding carboxylic acids is 1. The smallest absolute Gasteiger partial charge is 0.126 e. The Morgan fingerprint density at radius 3 is 2.63 bits per heavy atom. The standard InChI is InChI=1S/C20H21NOS2.C5H13N/c1-5-14(3)20(23)19-16-8-6-7-9-18(16)24-17(15(4)21-19)11-10-13(2)12-22;1-3-4-5-6-2/h5-13,23H,1H2,2-4H3;6H,3-5H2,1-2H3/b11-10-,20-14-;. The summed E-state index contributed by atoms with van der Waals surface area (Å²) in [5, 5.41) is 3.07. The molecule has 1 aromatic rings. The summed E-state index contributed by atoms with van der Waals surface area (Å²) < 4.78 is 0. The predicted molar refractivity (Wildman–Crippen MR) is 137 cm³/mol. The molecule has 0 bridgehead atoms. The van der Waals surface area contributed by atoms with E-state index in [1.807, 2.05) is 52.1 Å². The first kappa shape index (κ1) is 26.2. The lowest BCUT2D eigenvalue weighted by molar-refractivity contribution is -0.109. The zero-order valence-corrected chi connectivity index (χ0v) is 20.4. The summed E-state index contributed by atoms with van der Waals surface area (Å²) in [5.74, 6) is -0.115. The molecule has 0 fully saturated rings. The number of allylic oxidation sites excluding steroid dienone is 6. The molecular formula is C25H34N2OS2. The minimum Gasteiger partial charge on any atom is -0.320 e. The van der Waals surface area contributed by atoms with Gasteiger partial charge in [-0.1, -0.05) is 69.0 Å². The maximum atomic E-state index is 10.8. The molecular weight excluding hydrogens is 408 g/mol. The highest BCUT2D eigenvalue weighted by Gasteiger charge is 2.18. The van der Waals surface area contributed by atoms with Crippen molar-refractivity contribution in [3.63, 3.8) is 0 Å². The number of unbranched alkanes of at least 4 members (excludes halogenated alkanes) is 1. The maximum absolute atomic E-state index is 10.8. The summed E-state index contributed by atoms with van der Waals surface area (Å²) in [6.07, 6.45) is 9.19. The Morgan fingerprint density at radius 2 is 2.07 bits per heavy atom. The van der Waals surface area contributed by atoms with Gasteiger partial charge in [-0.2, -0.15) is 0 Å². The average molecular weight is 443 g/mol. The first-order chi connectivity index (χ1) is 14.4. The van der Waals surface area contributed by atoms with Crippen molar-refractivity contribution in [3.05, 3.63) is 75.7 Å². The van der Waals surface area contributed by atoms with Crippen LogP contribution in [0.3, 0.4) is 0 Å². The van der Waals surface area contributed by atoms with Crippen LogP contribution >= 0.6 is 24.4 Å². The van der Waals surface area contributed by atoms with Crippen LogP contribution in [0.5, 0.6) is 0 Å². The Labute approximate surface area is 191 Å². The van der Waals surface area contributed by atoms with Crippen molar-refractivity contribution in [2.24, 2.45) is 10.9 Å². The third-order valence-corrected chi connectivity index (χ3v) is 6.24. The van der Waals surface area contributed by atoms with Gasteiger partial charge >= 0.3 is 0 Å². The number of aliphatic imine (C=N–C) groups is 1. The molecule has 1 heterocycles. The van der Waals surface area contributed by atoms with E-state index in [1.54, 1.807) is 17.8 Å². The van der Waals surface area contributed by atoms with Gasteiger partial charge in [0.2, 0.25) is 0 Å². The van der Waals surface area contributed by atoms with E-state index < -0.39 is 0 Å². The van der Waals surface area contributed by atoms with Crippen LogP contribution in [0.25, 0.3) is 0 Å². The van der Waals surface area contributed by atoms with Gasteiger partial charge in [0.15, 0.2) is 0 Å². The second kappa shape index (κ2) is 14.2. The van der Waals surface area contributed by atoms with Gasteiger partial charge in [-0.15, -0.1) is 12.6 Å². The van der Waals surface area contributed by atoms with Crippen LogP contribution in [0.1, 0.15) is 46.1 Å². The van der Waals surface area contributed by atoms with Crippen LogP contribution in [0, 0.1) is 5.92 Å². The number of fused-ring (bicyclic) bond motifs is 1. The van der Waals surface area contributed by atoms with Crippen LogP contribution in [-0.4, -0.2) is 25.6 Å². The van der Waals surface area contributed by atoms with Crippen LogP contribution in [0.2, 0.25) is 0 Å². The fourth-order valence-electron chi connectivity index (χ4n) is 2.48. The van der Waals surface area contributed by atoms with Crippen molar-refractivity contribution in [3.8, 4) is 0 Å². The number of aldehydes is 1. The molecule has 1 atom stereocenters. The van der Waals surface area contributed by atoms with Crippen molar-refractivity contribution in [1.82, 2.24) is 5.32 Å². The second-order valence-electron chi connectivity index (χ2n) is 7.06. The number of thioether (sulfide) groups is 1. The monoisotopic (exact) mass is 442 g/mol. The number of hydrogen-bond acceptors (Lipinski definition) is 5. The number of nitrogens with one attached hydrogen (secondary N) is 1. The molecule has 0 saturated heterocycles. The van der Waals surface area contributed by atoms with Gasteiger partial charge in [0.25, 0.3) is 0 Å². The summed E-state index contributed by atoms with van der Waals surface area (Å²) >= 11 is 6.33. The molecule has 1 aromatic carbocycles. The van der Waals surface area contributed by atoms with Gasteiger partial charge < -0.3 is 10.1 Å². The number of thiol groups is 1. The first-order valence-corrected chi connectivity index (χ1v) is 11.5. The molecule has 0 saturated carbocycles. The summed E-state index contributed by atoms with van der Waals surface area (Å²) in [6, 6.07) is 8.16. The van der Waals surface area contributed by atoms with Crippen LogP contribution in [-0.2, 0) is 4.79 Å². The fourth-order valence-corrected chi connectivity index (χ4v) is 3.74. The Hall–Kier alpha value is -1.82. The summed E-state index contributed by atoms with van der Waals surface area (Å²) in [6.45, 7) is 13.0. The van der Waals surface area contributed by atoms with E-state index in [4.69, 9.17) is 4.99 Å². The molecule has 1 unspecified atom stereocenters. The van der Waals surface area contributed by atoms with Gasteiger partial charge in [0.1, 0.15) is 6.29 Å². The van der Waals surface area contributed by atoms with E-state index in [1.165, 1.54) is 12.8 Å². The molecule has 0 spiro atoms. The Bertz CT molecular complexity index is 846. The van der Waals surface area contributed by atoms with E-state index in [0.29, 0.717) is 0 Å². The molecule has 1 aliphatic heterocycles. The number of hydrogen-bond donors (Lipinski definition) is 2. The third-order valence-electron chi connectivity index (χ3n) is 4.45. The van der Waals surface area contributed by atoms with Crippen molar-refractivity contribution in [2.75, 3.05) is 13.6 Å². The summed E-state index contributed by atoms with van der Waals surface area (Å²) in [7, 11) is 1.98. The predicted octanol–water partition coefficient (Wildman–Crippen LogP) is 6.60. The van der Waals surface area contributed by atoms with Crippen LogP contribution in [0.4, 0.5) is 0 Å². The third kappa shape index (κ3) is 8.13. The maximum Gasteiger partial charge on any atom is 0.126 e. The normalized spacial score (nSPS) is 15.3. The number of rotatable bonds is 8. The molecule has 5 heteroatoms. The number of benzene rings is 1. The van der Waals surface area contributed by atoms with Crippen LogP contribution in [0.15, 0.2) is 80.0 Å². The highest BCUT2D eigenvalue weighted by atomic mass is 32.2. The first-order valence-electron chi connectivity index (χ1n) is 10.3. The van der Waals surface area contributed by atoms with Gasteiger partial charge in [-0.05, 0) is 51.6 Å². The molecule has 2 rings (SSSR count). The van der Waals surface area contributed by atoms with E-state index in [0.717, 1.165) is 50.1 Å². The van der Waals surface area contributed by atoms with Crippen molar-refractivity contribution in [2.45, 2.75) is 45.4 Å². The van der Waals surface area contributed by atoms with E-state index in [9.17, 15) is 4.79 Å². The van der Waals surface area contributed by atoms with Crippen molar-refractivity contribution in [1.29, 1.82) is 0 Å². The molecule has 162 valence electrons. The molecule has 3 nitrogen and oxygen atoms in total. The van der Waals surface area contributed by atoms with E-state index in [-0.39, 0.29) is 5.92 Å². The number of carbonyl (C=O) groups is 1. The molecule has 0 amide bonds. The van der Waals surface area contributed by atoms with Gasteiger partial charge in [0.05, 0.1) is 11.4 Å². The highest BCUT2D eigenvalue weighted by Crippen LogP contribution is 2.38. The Morgan fingerprint density at radius 1 is 1.37 bits per heavy atom. The Balaban J connectivity index is 0.000000656. The zero-order valence-electron chi connectivity index (χ0n) is 18.7. The Kier molecular flexibility index (Phi) is 12.4. The van der Waals surface area contributed by atoms with E-state index in [2.05, 4.69) is 43.6 Å². The zero-order chi connectivity index (χ0) is 22.5. The van der Waals surface area contributed by atoms with Crippen molar-refractivity contribution < 1.29 is 4.79 Å². The quantitative estimate of drug-likeness (QED) is 0.206. The molecule has 30 heavy (non-hydrogen) atoms. The van der Waals surface area contributed by atoms with Gasteiger partial charge in [-0.3, -0.25) is 4.99 Å². The molecule has 0 aromatic heterocycles. The molecule has 1 N–H and O–H groups in total. The van der Waals surface area contributed by atoms with Gasteiger partial charge in [-0.25, -0.2) is 0 Å². The highest BCUT2D eigenvalue weighted by molar-refractivity contribution is 8.03. The lowest BCUT2D eigenvalue weighted by atomic mass is 10.1. The SMILES string of the molecule is C=C/C(C)=C(\S)C1=NC(C)=C(/C=C\C(C)C=O)Sc2ccccc21.CCCCNC. The summed E-state index contributed by atoms with van der Waals surface area (Å²) in [4.78, 5) is 18.6. The largest absolute Gasteiger partial charge is 0.320 e. The van der Waals surface area contributed by atoms with E-state index >= 15 is 0 Å². The number of nitrogens with zero attached hydrogens (tertiary/aromatic N) is 1. The van der Waals surface area contributed by atoms with Crippen molar-refractivity contribution >= 4 is 36.4 Å². The lowest BCUT2D eigenvalue weighted by Gasteiger charge is -2.10. The molecule has 0 aliphatic carbocycles. The fraction of sp³-hybridized carbons (Fsp3) is 0.360.